The van der Waals surface area contributed by atoms with Gasteiger partial charge in [-0.25, -0.2) is 4.98 Å². The molecule has 0 aliphatic carbocycles. The zero-order valence-electron chi connectivity index (χ0n) is 8.02. The Labute approximate surface area is 101 Å². The Hall–Kier alpha value is -0.870. The SMILES string of the molecule is Brc1ccc(OCCc2ccsc2)cn1. The van der Waals surface area contributed by atoms with Crippen molar-refractivity contribution in [1.29, 1.82) is 0 Å². The molecule has 0 spiro atoms. The molecule has 0 N–H and O–H groups in total. The van der Waals surface area contributed by atoms with Crippen molar-refractivity contribution < 1.29 is 4.74 Å². The maximum absolute atomic E-state index is 5.56. The number of ether oxygens (including phenoxy) is 1. The molecule has 0 bridgehead atoms. The zero-order chi connectivity index (χ0) is 10.5. The highest BCUT2D eigenvalue weighted by Crippen LogP contribution is 2.13. The van der Waals surface area contributed by atoms with Crippen molar-refractivity contribution in [1.82, 2.24) is 4.98 Å². The van der Waals surface area contributed by atoms with Gasteiger partial charge in [-0.2, -0.15) is 11.3 Å². The van der Waals surface area contributed by atoms with E-state index in [0.717, 1.165) is 16.8 Å². The van der Waals surface area contributed by atoms with Crippen LogP contribution in [-0.4, -0.2) is 11.6 Å². The second-order valence-electron chi connectivity index (χ2n) is 3.05. The summed E-state index contributed by atoms with van der Waals surface area (Å²) in [6.07, 6.45) is 2.66. The van der Waals surface area contributed by atoms with Gasteiger partial charge >= 0.3 is 0 Å². The number of halogens is 1. The number of aromatic nitrogens is 1. The van der Waals surface area contributed by atoms with Gasteiger partial charge in [0, 0.05) is 6.42 Å². The first-order valence-electron chi connectivity index (χ1n) is 4.60. The molecule has 2 nitrogen and oxygen atoms in total. The van der Waals surface area contributed by atoms with Crippen molar-refractivity contribution in [2.75, 3.05) is 6.61 Å². The van der Waals surface area contributed by atoms with Crippen LogP contribution in [0.5, 0.6) is 5.75 Å². The number of hydrogen-bond acceptors (Lipinski definition) is 3. The molecule has 0 aliphatic heterocycles. The summed E-state index contributed by atoms with van der Waals surface area (Å²) in [5.41, 5.74) is 1.32. The summed E-state index contributed by atoms with van der Waals surface area (Å²) in [4.78, 5) is 4.09. The fourth-order valence-electron chi connectivity index (χ4n) is 1.17. The second kappa shape index (κ2) is 5.28. The molecule has 0 aromatic carbocycles. The minimum Gasteiger partial charge on any atom is -0.492 e. The fourth-order valence-corrected chi connectivity index (χ4v) is 2.11. The highest BCUT2D eigenvalue weighted by atomic mass is 79.9. The Kier molecular flexibility index (Phi) is 3.75. The van der Waals surface area contributed by atoms with E-state index in [-0.39, 0.29) is 0 Å². The summed E-state index contributed by atoms with van der Waals surface area (Å²) in [5.74, 6) is 0.813. The van der Waals surface area contributed by atoms with E-state index in [4.69, 9.17) is 4.74 Å². The maximum Gasteiger partial charge on any atom is 0.137 e. The monoisotopic (exact) mass is 283 g/mol. The molecular weight excluding hydrogens is 274 g/mol. The lowest BCUT2D eigenvalue weighted by Gasteiger charge is -2.04. The predicted octanol–water partition coefficient (Wildman–Crippen LogP) is 3.53. The number of nitrogens with zero attached hydrogens (tertiary/aromatic N) is 1. The molecule has 0 saturated heterocycles. The number of hydrogen-bond donors (Lipinski definition) is 0. The van der Waals surface area contributed by atoms with Crippen molar-refractivity contribution in [2.24, 2.45) is 0 Å². The van der Waals surface area contributed by atoms with Crippen LogP contribution in [0, 0.1) is 0 Å². The van der Waals surface area contributed by atoms with Crippen LogP contribution in [-0.2, 0) is 6.42 Å². The predicted molar refractivity (Wildman–Crippen MR) is 65.5 cm³/mol. The Bertz CT molecular complexity index is 399. The van der Waals surface area contributed by atoms with Crippen LogP contribution >= 0.6 is 27.3 Å². The van der Waals surface area contributed by atoms with Crippen molar-refractivity contribution in [2.45, 2.75) is 6.42 Å². The summed E-state index contributed by atoms with van der Waals surface area (Å²) in [5, 5.41) is 4.22. The highest BCUT2D eigenvalue weighted by molar-refractivity contribution is 9.10. The number of thiophene rings is 1. The third-order valence-electron chi connectivity index (χ3n) is 1.94. The van der Waals surface area contributed by atoms with Gasteiger partial charge in [-0.1, -0.05) is 0 Å². The van der Waals surface area contributed by atoms with Crippen LogP contribution in [0.15, 0.2) is 39.8 Å². The fraction of sp³-hybridized carbons (Fsp3) is 0.182. The molecule has 2 heterocycles. The molecular formula is C11H10BrNOS. The first-order chi connectivity index (χ1) is 7.34. The van der Waals surface area contributed by atoms with Gasteiger partial charge < -0.3 is 4.74 Å². The van der Waals surface area contributed by atoms with Crippen molar-refractivity contribution >= 4 is 27.3 Å². The van der Waals surface area contributed by atoms with E-state index in [0.29, 0.717) is 6.61 Å². The summed E-state index contributed by atoms with van der Waals surface area (Å²) < 4.78 is 6.38. The Morgan fingerprint density at radius 2 is 2.27 bits per heavy atom. The van der Waals surface area contributed by atoms with Gasteiger partial charge in [-0.05, 0) is 50.5 Å². The second-order valence-corrected chi connectivity index (χ2v) is 4.64. The van der Waals surface area contributed by atoms with Crippen LogP contribution in [0.25, 0.3) is 0 Å². The minimum atomic E-state index is 0.694. The lowest BCUT2D eigenvalue weighted by atomic mass is 10.3. The summed E-state index contributed by atoms with van der Waals surface area (Å²) >= 11 is 4.99. The third-order valence-corrected chi connectivity index (χ3v) is 3.14. The van der Waals surface area contributed by atoms with Crippen LogP contribution in [0.2, 0.25) is 0 Å². The van der Waals surface area contributed by atoms with Gasteiger partial charge in [-0.15, -0.1) is 0 Å². The van der Waals surface area contributed by atoms with E-state index in [9.17, 15) is 0 Å². The quantitative estimate of drug-likeness (QED) is 0.801. The molecule has 4 heteroatoms. The lowest BCUT2D eigenvalue weighted by molar-refractivity contribution is 0.320. The first-order valence-corrected chi connectivity index (χ1v) is 6.33. The Balaban J connectivity index is 1.81. The molecule has 2 rings (SSSR count). The molecule has 0 fully saturated rings. The van der Waals surface area contributed by atoms with E-state index >= 15 is 0 Å². The average Bonchev–Trinajstić information content (AvgIpc) is 2.74. The standard InChI is InChI=1S/C11H10BrNOS/c12-11-2-1-10(7-13-11)14-5-3-9-4-6-15-8-9/h1-2,4,6-8H,3,5H2. The molecule has 2 aromatic rings. The van der Waals surface area contributed by atoms with Gasteiger partial charge in [0.2, 0.25) is 0 Å². The van der Waals surface area contributed by atoms with Crippen LogP contribution in [0.1, 0.15) is 5.56 Å². The molecule has 15 heavy (non-hydrogen) atoms. The van der Waals surface area contributed by atoms with E-state index in [1.165, 1.54) is 5.56 Å². The van der Waals surface area contributed by atoms with E-state index in [1.807, 2.05) is 12.1 Å². The topological polar surface area (TPSA) is 22.1 Å². The number of pyridine rings is 1. The molecule has 0 atom stereocenters. The molecule has 0 radical (unpaired) electrons. The van der Waals surface area contributed by atoms with Crippen molar-refractivity contribution in [3.05, 3.63) is 45.3 Å². The molecule has 0 unspecified atom stereocenters. The van der Waals surface area contributed by atoms with Crippen LogP contribution < -0.4 is 4.74 Å². The minimum absolute atomic E-state index is 0.694. The van der Waals surface area contributed by atoms with Gasteiger partial charge in [-0.3, -0.25) is 0 Å². The van der Waals surface area contributed by atoms with Gasteiger partial charge in [0.1, 0.15) is 10.4 Å². The summed E-state index contributed by atoms with van der Waals surface area (Å²) in [7, 11) is 0. The molecule has 2 aromatic heterocycles. The van der Waals surface area contributed by atoms with Crippen molar-refractivity contribution in [3.8, 4) is 5.75 Å². The Morgan fingerprint density at radius 3 is 2.93 bits per heavy atom. The van der Waals surface area contributed by atoms with E-state index in [2.05, 4.69) is 37.7 Å². The average molecular weight is 284 g/mol. The molecule has 0 aliphatic rings. The summed E-state index contributed by atoms with van der Waals surface area (Å²) in [6.45, 7) is 0.694. The number of rotatable bonds is 4. The van der Waals surface area contributed by atoms with Crippen LogP contribution in [0.3, 0.4) is 0 Å². The van der Waals surface area contributed by atoms with Gasteiger partial charge in [0.05, 0.1) is 12.8 Å². The van der Waals surface area contributed by atoms with Crippen molar-refractivity contribution in [3.63, 3.8) is 0 Å². The lowest BCUT2D eigenvalue weighted by Crippen LogP contribution is -2.00. The highest BCUT2D eigenvalue weighted by Gasteiger charge is 1.96. The Morgan fingerprint density at radius 1 is 1.33 bits per heavy atom. The molecule has 0 amide bonds. The summed E-state index contributed by atoms with van der Waals surface area (Å²) in [6, 6.07) is 5.90. The van der Waals surface area contributed by atoms with Gasteiger partial charge in [0.15, 0.2) is 0 Å². The third kappa shape index (κ3) is 3.32. The first kappa shape index (κ1) is 10.6. The zero-order valence-corrected chi connectivity index (χ0v) is 10.4. The molecule has 78 valence electrons. The smallest absolute Gasteiger partial charge is 0.137 e. The van der Waals surface area contributed by atoms with Crippen LogP contribution in [0.4, 0.5) is 0 Å². The van der Waals surface area contributed by atoms with E-state index in [1.54, 1.807) is 17.5 Å². The normalized spacial score (nSPS) is 10.2. The van der Waals surface area contributed by atoms with Gasteiger partial charge in [0.25, 0.3) is 0 Å². The molecule has 0 saturated carbocycles. The van der Waals surface area contributed by atoms with E-state index < -0.39 is 0 Å². The largest absolute Gasteiger partial charge is 0.492 e. The maximum atomic E-state index is 5.56.